The van der Waals surface area contributed by atoms with Crippen molar-refractivity contribution >= 4 is 35.6 Å². The van der Waals surface area contributed by atoms with E-state index in [2.05, 4.69) is 5.32 Å². The molecule has 0 spiro atoms. The van der Waals surface area contributed by atoms with Gasteiger partial charge in [-0.2, -0.15) is 0 Å². The lowest BCUT2D eigenvalue weighted by molar-refractivity contribution is -0.366. The number of carbonyl (C=O) groups excluding carboxylic acids is 6. The van der Waals surface area contributed by atoms with E-state index in [0.717, 1.165) is 13.8 Å². The Kier molecular flexibility index (Phi) is 14.2. The molecular weight excluding hydrogens is 927 g/mol. The van der Waals surface area contributed by atoms with Gasteiger partial charge in [0.2, 0.25) is 0 Å². The summed E-state index contributed by atoms with van der Waals surface area (Å²) in [5.74, 6) is -7.31. The van der Waals surface area contributed by atoms with Crippen LogP contribution >= 0.6 is 0 Å². The molecule has 1 amide bonds. The Bertz CT molecular complexity index is 2560. The largest absolute Gasteiger partial charge is 0.456 e. The predicted octanol–water partition coefficient (Wildman–Crippen LogP) is 2.20. The maximum Gasteiger partial charge on any atom is 0.338 e. The topological polar surface area (TPSA) is 280 Å². The monoisotopic (exact) mass is 985 g/mol. The SMILES string of the molecule is CC(=O)O[C@H]1C(=O)[C@]2(C)[C@@H](OC3OC[C@@H](O)[C@H](O)[C@H]3O)C[C@H]3OC[C@@]3(OC(C)=O)[C@H]2[C@H](OC(=O)c2ccccc2)[C@]2(O)C[C@H](OC(=O)[C@H](O)[C@H](NC(=O)c3ccccc3)c3ccccc3)C(C)=C1C2(C)C. The van der Waals surface area contributed by atoms with Crippen molar-refractivity contribution < 1.29 is 87.5 Å². The van der Waals surface area contributed by atoms with Crippen molar-refractivity contribution in [3.05, 3.63) is 119 Å². The first kappa shape index (κ1) is 51.5. The number of nitrogens with one attached hydrogen (secondary N) is 1. The molecule has 15 atom stereocenters. The summed E-state index contributed by atoms with van der Waals surface area (Å²) in [5, 5.41) is 60.8. The molecule has 2 heterocycles. The summed E-state index contributed by atoms with van der Waals surface area (Å²) in [6.45, 7) is 7.24. The number of aliphatic hydroxyl groups is 5. The molecule has 71 heavy (non-hydrogen) atoms. The van der Waals surface area contributed by atoms with Gasteiger partial charge in [0, 0.05) is 37.7 Å². The number of carbonyl (C=O) groups is 6. The van der Waals surface area contributed by atoms with Gasteiger partial charge in [0.25, 0.3) is 5.91 Å². The summed E-state index contributed by atoms with van der Waals surface area (Å²) in [6.07, 6.45) is -17.9. The van der Waals surface area contributed by atoms with E-state index in [0.29, 0.717) is 5.56 Å². The highest BCUT2D eigenvalue weighted by molar-refractivity contribution is 5.96. The van der Waals surface area contributed by atoms with Crippen molar-refractivity contribution in [3.8, 4) is 0 Å². The molecule has 2 bridgehead atoms. The van der Waals surface area contributed by atoms with E-state index in [9.17, 15) is 49.5 Å². The summed E-state index contributed by atoms with van der Waals surface area (Å²) in [5.41, 5.74) is -7.76. The zero-order valence-electron chi connectivity index (χ0n) is 40.0. The Morgan fingerprint density at radius 2 is 1.39 bits per heavy atom. The van der Waals surface area contributed by atoms with Crippen LogP contribution in [0.2, 0.25) is 0 Å². The Morgan fingerprint density at radius 1 is 0.789 bits per heavy atom. The van der Waals surface area contributed by atoms with E-state index in [1.165, 1.54) is 39.8 Å². The van der Waals surface area contributed by atoms with Crippen LogP contribution in [0.3, 0.4) is 0 Å². The van der Waals surface area contributed by atoms with Gasteiger partial charge in [-0.25, -0.2) is 9.59 Å². The molecule has 6 N–H and O–H groups in total. The summed E-state index contributed by atoms with van der Waals surface area (Å²) < 4.78 is 43.1. The van der Waals surface area contributed by atoms with Crippen LogP contribution in [0.1, 0.15) is 86.7 Å². The number of aliphatic hydroxyl groups excluding tert-OH is 4. The first-order valence-corrected chi connectivity index (χ1v) is 23.4. The summed E-state index contributed by atoms with van der Waals surface area (Å²) in [7, 11) is 0. The minimum atomic E-state index is -2.51. The van der Waals surface area contributed by atoms with Crippen LogP contribution in [0, 0.1) is 16.7 Å². The van der Waals surface area contributed by atoms with Crippen LogP contribution in [0.15, 0.2) is 102 Å². The van der Waals surface area contributed by atoms with Gasteiger partial charge in [0.05, 0.1) is 42.3 Å². The van der Waals surface area contributed by atoms with Gasteiger partial charge in [-0.15, -0.1) is 0 Å². The zero-order chi connectivity index (χ0) is 51.4. The minimum Gasteiger partial charge on any atom is -0.456 e. The molecule has 8 rings (SSSR count). The Morgan fingerprint density at radius 3 is 1.97 bits per heavy atom. The summed E-state index contributed by atoms with van der Waals surface area (Å²) in [6, 6.07) is 22.6. The van der Waals surface area contributed by atoms with Crippen molar-refractivity contribution in [1.29, 1.82) is 0 Å². The van der Waals surface area contributed by atoms with E-state index in [1.54, 1.807) is 78.9 Å². The van der Waals surface area contributed by atoms with E-state index >= 15 is 4.79 Å². The number of hydrogen-bond acceptors (Lipinski definition) is 18. The fraction of sp³-hybridized carbons (Fsp3) is 0.500. The maximum absolute atomic E-state index is 16.2. The van der Waals surface area contributed by atoms with Gasteiger partial charge in [-0.05, 0) is 54.8 Å². The number of ether oxygens (including phenoxy) is 7. The second kappa shape index (κ2) is 19.6. The normalized spacial score (nSPS) is 34.8. The molecule has 19 heteroatoms. The van der Waals surface area contributed by atoms with Gasteiger partial charge in [0.15, 0.2) is 29.9 Å². The Hall–Kier alpha value is -5.90. The molecule has 19 nitrogen and oxygen atoms in total. The van der Waals surface area contributed by atoms with Crippen LogP contribution in [-0.2, 0) is 52.3 Å². The molecule has 2 saturated carbocycles. The van der Waals surface area contributed by atoms with Gasteiger partial charge in [-0.3, -0.25) is 19.2 Å². The molecule has 3 aliphatic carbocycles. The predicted molar refractivity (Wildman–Crippen MR) is 244 cm³/mol. The van der Waals surface area contributed by atoms with Gasteiger partial charge >= 0.3 is 23.9 Å². The second-order valence-corrected chi connectivity index (χ2v) is 19.7. The fourth-order valence-electron chi connectivity index (χ4n) is 11.4. The number of rotatable bonds is 12. The highest BCUT2D eigenvalue weighted by atomic mass is 16.7. The van der Waals surface area contributed by atoms with Gasteiger partial charge < -0.3 is 64.0 Å². The van der Waals surface area contributed by atoms with Crippen molar-refractivity contribution in [2.45, 2.75) is 133 Å². The summed E-state index contributed by atoms with van der Waals surface area (Å²) >= 11 is 0. The number of benzene rings is 3. The molecule has 0 aromatic heterocycles. The van der Waals surface area contributed by atoms with Crippen molar-refractivity contribution in [2.75, 3.05) is 13.2 Å². The van der Waals surface area contributed by atoms with Crippen LogP contribution in [0.4, 0.5) is 0 Å². The summed E-state index contributed by atoms with van der Waals surface area (Å²) in [4.78, 5) is 85.6. The number of ketones is 1. The first-order chi connectivity index (χ1) is 33.6. The third kappa shape index (κ3) is 8.96. The number of Topliss-reactive ketones (excluding diaryl/α,β-unsaturated/α-hetero) is 1. The van der Waals surface area contributed by atoms with Crippen molar-refractivity contribution in [3.63, 3.8) is 0 Å². The van der Waals surface area contributed by atoms with Crippen molar-refractivity contribution in [1.82, 2.24) is 5.32 Å². The quantitative estimate of drug-likeness (QED) is 0.0862. The molecule has 380 valence electrons. The second-order valence-electron chi connectivity index (χ2n) is 19.7. The number of esters is 4. The standard InChI is InChI=1S/C52H59NO18/c1-26-33(68-47(63)39(58)37(29-16-10-7-11-17-29)53-45(61)30-18-12-8-13-19-30)23-52(64)44(70-46(62)31-20-14-9-15-21-31)42-50(6,43(60)41(67-27(2)54)36(26)49(52,4)5)34(22-35-51(42,25-66-35)71-28(3)55)69-48-40(59)38(57)32(56)24-65-48/h7-21,32-35,37-42,44,48,56-59,64H,22-25H2,1-6H3,(H,53,61)/t32-,33+,34+,35-,37-,38+,39-,40-,41-,42+,44+,48?,50-,51+,52-/m1/s1. The van der Waals surface area contributed by atoms with Crippen LogP contribution < -0.4 is 5.32 Å². The van der Waals surface area contributed by atoms with Gasteiger partial charge in [-0.1, -0.05) is 80.6 Å². The zero-order valence-corrected chi connectivity index (χ0v) is 40.0. The van der Waals surface area contributed by atoms with Crippen LogP contribution in [-0.4, -0.2) is 147 Å². The molecule has 4 fully saturated rings. The van der Waals surface area contributed by atoms with Crippen LogP contribution in [0.5, 0.6) is 0 Å². The Balaban J connectivity index is 1.30. The third-order valence-electron chi connectivity index (χ3n) is 15.2. The lowest BCUT2D eigenvalue weighted by Gasteiger charge is -2.68. The van der Waals surface area contributed by atoms with Gasteiger partial charge in [0.1, 0.15) is 42.2 Å². The molecule has 3 aromatic rings. The van der Waals surface area contributed by atoms with E-state index < -0.39 is 150 Å². The molecule has 2 aliphatic heterocycles. The maximum atomic E-state index is 16.2. The van der Waals surface area contributed by atoms with E-state index in [-0.39, 0.29) is 28.7 Å². The number of amides is 1. The highest BCUT2D eigenvalue weighted by Crippen LogP contribution is 2.65. The average Bonchev–Trinajstić information content (AvgIpc) is 3.34. The number of fused-ring (bicyclic) bond motifs is 5. The average molecular weight is 986 g/mol. The lowest BCUT2D eigenvalue weighted by Crippen LogP contribution is -2.82. The highest BCUT2D eigenvalue weighted by Gasteiger charge is 2.79. The van der Waals surface area contributed by atoms with Crippen LogP contribution in [0.25, 0.3) is 0 Å². The molecule has 5 aliphatic rings. The molecular formula is C52H59NO18. The third-order valence-corrected chi connectivity index (χ3v) is 15.2. The number of hydrogen-bond donors (Lipinski definition) is 6. The smallest absolute Gasteiger partial charge is 0.338 e. The molecule has 0 radical (unpaired) electrons. The Labute approximate surface area is 409 Å². The lowest BCUT2D eigenvalue weighted by atomic mass is 9.44. The molecule has 3 aromatic carbocycles. The van der Waals surface area contributed by atoms with E-state index in [1.807, 2.05) is 0 Å². The molecule has 2 saturated heterocycles. The van der Waals surface area contributed by atoms with Crippen molar-refractivity contribution in [2.24, 2.45) is 16.7 Å². The van der Waals surface area contributed by atoms with E-state index in [4.69, 9.17) is 33.2 Å². The fourth-order valence-corrected chi connectivity index (χ4v) is 11.4. The minimum absolute atomic E-state index is 0.0120. The molecule has 1 unspecified atom stereocenters. The first-order valence-electron chi connectivity index (χ1n) is 23.4.